The van der Waals surface area contributed by atoms with Crippen molar-refractivity contribution in [3.8, 4) is 0 Å². The van der Waals surface area contributed by atoms with E-state index in [1.54, 1.807) is 0 Å². The molecule has 1 aromatic heterocycles. The molecule has 4 heteroatoms. The Morgan fingerprint density at radius 1 is 1.29 bits per heavy atom. The minimum absolute atomic E-state index is 0.471. The molecule has 0 fully saturated rings. The second kappa shape index (κ2) is 5.53. The van der Waals surface area contributed by atoms with Crippen LogP contribution in [-0.4, -0.2) is 28.5 Å². The first-order chi connectivity index (χ1) is 10.1. The molecular weight excluding hydrogens is 262 g/mol. The second-order valence-electron chi connectivity index (χ2n) is 5.88. The first kappa shape index (κ1) is 14.1. The fourth-order valence-electron chi connectivity index (χ4n) is 3.05. The number of hydrogen-bond donors (Lipinski definition) is 1. The molecule has 3 rings (SSSR count). The summed E-state index contributed by atoms with van der Waals surface area (Å²) in [5, 5.41) is 15.0. The largest absolute Gasteiger partial charge is 0.388 e. The molecule has 2 aromatic rings. The molecule has 21 heavy (non-hydrogen) atoms. The maximum Gasteiger partial charge on any atom is 0.0845 e. The average Bonchev–Trinajstić information content (AvgIpc) is 3.02. The van der Waals surface area contributed by atoms with Crippen molar-refractivity contribution in [2.75, 3.05) is 18.5 Å². The number of aliphatic hydroxyl groups excluding tert-OH is 1. The van der Waals surface area contributed by atoms with Gasteiger partial charge in [-0.25, -0.2) is 0 Å². The van der Waals surface area contributed by atoms with Gasteiger partial charge >= 0.3 is 0 Å². The fraction of sp³-hybridized carbons (Fsp3) is 0.471. The highest BCUT2D eigenvalue weighted by Gasteiger charge is 2.18. The lowest BCUT2D eigenvalue weighted by molar-refractivity contribution is 0.176. The maximum atomic E-state index is 10.5. The molecule has 0 saturated carbocycles. The van der Waals surface area contributed by atoms with Gasteiger partial charge in [0.15, 0.2) is 0 Å². The third-order valence-electron chi connectivity index (χ3n) is 4.41. The van der Waals surface area contributed by atoms with E-state index in [0.717, 1.165) is 36.3 Å². The van der Waals surface area contributed by atoms with Crippen molar-refractivity contribution in [1.82, 2.24) is 9.78 Å². The molecule has 112 valence electrons. The van der Waals surface area contributed by atoms with E-state index in [2.05, 4.69) is 42.2 Å². The topological polar surface area (TPSA) is 41.3 Å². The summed E-state index contributed by atoms with van der Waals surface area (Å²) in [6.45, 7) is 3.16. The molecule has 1 aromatic carbocycles. The molecular formula is C17H23N3O. The fourth-order valence-corrected chi connectivity index (χ4v) is 3.05. The zero-order chi connectivity index (χ0) is 15.0. The summed E-state index contributed by atoms with van der Waals surface area (Å²) in [5.41, 5.74) is 5.79. The van der Waals surface area contributed by atoms with Crippen molar-refractivity contribution in [3.63, 3.8) is 0 Å². The molecule has 1 aliphatic heterocycles. The standard InChI is InChI=1S/C17H23N3O/c1-4-14-10-15(20(3)18-14)11-17(21)13-5-6-16-12(9-13)7-8-19(16)2/h5-6,9-10,17,21H,4,7-8,11H2,1-3H3. The van der Waals surface area contributed by atoms with E-state index in [0.29, 0.717) is 6.42 Å². The number of aliphatic hydroxyl groups is 1. The minimum atomic E-state index is -0.471. The predicted molar refractivity (Wildman–Crippen MR) is 84.7 cm³/mol. The summed E-state index contributed by atoms with van der Waals surface area (Å²) in [6, 6.07) is 8.41. The normalized spacial score (nSPS) is 15.3. The zero-order valence-electron chi connectivity index (χ0n) is 13.0. The molecule has 1 aliphatic rings. The minimum Gasteiger partial charge on any atom is -0.388 e. The van der Waals surface area contributed by atoms with Crippen LogP contribution < -0.4 is 4.90 Å². The Morgan fingerprint density at radius 2 is 2.10 bits per heavy atom. The van der Waals surface area contributed by atoms with Crippen LogP contribution in [0.25, 0.3) is 0 Å². The van der Waals surface area contributed by atoms with E-state index >= 15 is 0 Å². The lowest BCUT2D eigenvalue weighted by atomic mass is 10.0. The van der Waals surface area contributed by atoms with E-state index in [4.69, 9.17) is 0 Å². The zero-order valence-corrected chi connectivity index (χ0v) is 13.0. The third kappa shape index (κ3) is 2.68. The number of anilines is 1. The quantitative estimate of drug-likeness (QED) is 0.937. The van der Waals surface area contributed by atoms with Gasteiger partial charge in [0, 0.05) is 38.4 Å². The van der Waals surface area contributed by atoms with Crippen molar-refractivity contribution < 1.29 is 5.11 Å². The number of likely N-dealkylation sites (N-methyl/N-ethyl adjacent to an activating group) is 1. The van der Waals surface area contributed by atoms with E-state index in [1.807, 2.05) is 17.8 Å². The van der Waals surface area contributed by atoms with Gasteiger partial charge in [0.1, 0.15) is 0 Å². The Morgan fingerprint density at radius 3 is 2.81 bits per heavy atom. The molecule has 0 saturated heterocycles. The Balaban J connectivity index is 1.79. The van der Waals surface area contributed by atoms with Gasteiger partial charge in [0.2, 0.25) is 0 Å². The lowest BCUT2D eigenvalue weighted by Gasteiger charge is -2.15. The average molecular weight is 285 g/mol. The smallest absolute Gasteiger partial charge is 0.0845 e. The summed E-state index contributed by atoms with van der Waals surface area (Å²) in [7, 11) is 4.06. The van der Waals surface area contributed by atoms with Gasteiger partial charge in [0.25, 0.3) is 0 Å². The molecule has 0 bridgehead atoms. The number of hydrogen-bond acceptors (Lipinski definition) is 3. The third-order valence-corrected chi connectivity index (χ3v) is 4.41. The number of nitrogens with zero attached hydrogens (tertiary/aromatic N) is 3. The van der Waals surface area contributed by atoms with Crippen LogP contribution in [0, 0.1) is 0 Å². The van der Waals surface area contributed by atoms with E-state index in [1.165, 1.54) is 11.3 Å². The van der Waals surface area contributed by atoms with Crippen molar-refractivity contribution in [2.24, 2.45) is 7.05 Å². The first-order valence-corrected chi connectivity index (χ1v) is 7.62. The van der Waals surface area contributed by atoms with Gasteiger partial charge in [-0.15, -0.1) is 0 Å². The molecule has 1 N–H and O–H groups in total. The highest BCUT2D eigenvalue weighted by atomic mass is 16.3. The summed E-state index contributed by atoms with van der Waals surface area (Å²) >= 11 is 0. The Kier molecular flexibility index (Phi) is 3.72. The molecule has 0 spiro atoms. The van der Waals surface area contributed by atoms with Crippen LogP contribution in [0.4, 0.5) is 5.69 Å². The predicted octanol–water partition coefficient (Wildman–Crippen LogP) is 2.25. The number of aryl methyl sites for hydroxylation is 2. The Hall–Kier alpha value is -1.81. The van der Waals surface area contributed by atoms with Gasteiger partial charge < -0.3 is 10.0 Å². The number of fused-ring (bicyclic) bond motifs is 1. The van der Waals surface area contributed by atoms with Crippen LogP contribution in [0.3, 0.4) is 0 Å². The molecule has 4 nitrogen and oxygen atoms in total. The Labute approximate surface area is 126 Å². The molecule has 2 heterocycles. The van der Waals surface area contributed by atoms with Crippen LogP contribution in [-0.2, 0) is 26.3 Å². The lowest BCUT2D eigenvalue weighted by Crippen LogP contribution is -2.12. The van der Waals surface area contributed by atoms with Crippen LogP contribution >= 0.6 is 0 Å². The van der Waals surface area contributed by atoms with Gasteiger partial charge in [-0.1, -0.05) is 19.1 Å². The number of benzene rings is 1. The van der Waals surface area contributed by atoms with Crippen LogP contribution in [0.5, 0.6) is 0 Å². The number of aromatic nitrogens is 2. The molecule has 1 unspecified atom stereocenters. The first-order valence-electron chi connectivity index (χ1n) is 7.62. The van der Waals surface area contributed by atoms with Gasteiger partial charge in [-0.3, -0.25) is 4.68 Å². The van der Waals surface area contributed by atoms with Crippen molar-refractivity contribution in [2.45, 2.75) is 32.3 Å². The number of rotatable bonds is 4. The molecule has 0 aliphatic carbocycles. The highest BCUT2D eigenvalue weighted by molar-refractivity contribution is 5.58. The van der Waals surface area contributed by atoms with Crippen LogP contribution in [0.15, 0.2) is 24.3 Å². The van der Waals surface area contributed by atoms with E-state index < -0.39 is 6.10 Å². The maximum absolute atomic E-state index is 10.5. The van der Waals surface area contributed by atoms with E-state index in [9.17, 15) is 5.11 Å². The molecule has 0 radical (unpaired) electrons. The highest BCUT2D eigenvalue weighted by Crippen LogP contribution is 2.30. The van der Waals surface area contributed by atoms with Gasteiger partial charge in [-0.05, 0) is 36.1 Å². The second-order valence-corrected chi connectivity index (χ2v) is 5.88. The SMILES string of the molecule is CCc1cc(CC(O)c2ccc3c(c2)CCN3C)n(C)n1. The Bertz CT molecular complexity index is 647. The molecule has 0 amide bonds. The summed E-state index contributed by atoms with van der Waals surface area (Å²) in [4.78, 5) is 2.26. The van der Waals surface area contributed by atoms with Crippen molar-refractivity contribution in [1.29, 1.82) is 0 Å². The summed E-state index contributed by atoms with van der Waals surface area (Å²) < 4.78 is 1.88. The van der Waals surface area contributed by atoms with Crippen molar-refractivity contribution >= 4 is 5.69 Å². The van der Waals surface area contributed by atoms with Gasteiger partial charge in [0.05, 0.1) is 11.8 Å². The van der Waals surface area contributed by atoms with E-state index in [-0.39, 0.29) is 0 Å². The van der Waals surface area contributed by atoms with Crippen molar-refractivity contribution in [3.05, 3.63) is 46.8 Å². The summed E-state index contributed by atoms with van der Waals surface area (Å²) in [6.07, 6.45) is 2.13. The van der Waals surface area contributed by atoms with Crippen LogP contribution in [0.1, 0.15) is 35.5 Å². The monoisotopic (exact) mass is 285 g/mol. The molecule has 1 atom stereocenters. The van der Waals surface area contributed by atoms with Crippen LogP contribution in [0.2, 0.25) is 0 Å². The van der Waals surface area contributed by atoms with Gasteiger partial charge in [-0.2, -0.15) is 5.10 Å². The summed E-state index contributed by atoms with van der Waals surface area (Å²) in [5.74, 6) is 0.